The van der Waals surface area contributed by atoms with Gasteiger partial charge in [-0.15, -0.1) is 0 Å². The number of amides is 1. The van der Waals surface area contributed by atoms with Gasteiger partial charge in [-0.25, -0.2) is 8.42 Å². The summed E-state index contributed by atoms with van der Waals surface area (Å²) in [6, 6.07) is 18.2. The van der Waals surface area contributed by atoms with Gasteiger partial charge in [0.1, 0.15) is 0 Å². The summed E-state index contributed by atoms with van der Waals surface area (Å²) in [7, 11) is -3.58. The van der Waals surface area contributed by atoms with Gasteiger partial charge in [0.05, 0.1) is 24.1 Å². The van der Waals surface area contributed by atoms with Crippen molar-refractivity contribution in [1.29, 1.82) is 0 Å². The number of alkyl halides is 3. The summed E-state index contributed by atoms with van der Waals surface area (Å²) in [6.07, 6.45) is -3.35. The van der Waals surface area contributed by atoms with Crippen molar-refractivity contribution in [2.45, 2.75) is 26.2 Å². The second-order valence-corrected chi connectivity index (χ2v) is 9.59. The van der Waals surface area contributed by atoms with Crippen molar-refractivity contribution in [2.75, 3.05) is 10.6 Å². The van der Waals surface area contributed by atoms with Gasteiger partial charge in [0.25, 0.3) is 5.91 Å². The molecular weight excluding hydrogens is 453 g/mol. The molecule has 1 amide bonds. The van der Waals surface area contributed by atoms with E-state index in [0.717, 1.165) is 29.5 Å². The minimum absolute atomic E-state index is 0.0760. The summed E-state index contributed by atoms with van der Waals surface area (Å²) in [5.41, 5.74) is 2.06. The zero-order chi connectivity index (χ0) is 24.2. The van der Waals surface area contributed by atoms with Gasteiger partial charge < -0.3 is 5.32 Å². The van der Waals surface area contributed by atoms with E-state index in [9.17, 15) is 26.4 Å². The molecule has 0 bridgehead atoms. The summed E-state index contributed by atoms with van der Waals surface area (Å²) >= 11 is 0. The number of aryl methyl sites for hydroxylation is 1. The first-order chi connectivity index (χ1) is 15.4. The number of nitrogens with zero attached hydrogens (tertiary/aromatic N) is 1. The third-order valence-corrected chi connectivity index (χ3v) is 6.11. The topological polar surface area (TPSA) is 66.5 Å². The lowest BCUT2D eigenvalue weighted by Gasteiger charge is -2.23. The molecule has 1 N–H and O–H groups in total. The van der Waals surface area contributed by atoms with Crippen LogP contribution in [0.5, 0.6) is 0 Å². The van der Waals surface area contributed by atoms with Gasteiger partial charge in [0, 0.05) is 12.1 Å². The number of carbonyl (C=O) groups is 1. The molecule has 0 radical (unpaired) electrons. The molecule has 0 saturated heterocycles. The molecule has 0 atom stereocenters. The zero-order valence-corrected chi connectivity index (χ0v) is 18.9. The van der Waals surface area contributed by atoms with E-state index in [2.05, 4.69) is 5.32 Å². The smallest absolute Gasteiger partial charge is 0.348 e. The Bertz CT molecular complexity index is 1220. The van der Waals surface area contributed by atoms with Crippen molar-refractivity contribution in [3.63, 3.8) is 0 Å². The van der Waals surface area contributed by atoms with Crippen molar-refractivity contribution in [3.05, 3.63) is 101 Å². The van der Waals surface area contributed by atoms with Gasteiger partial charge in [-0.1, -0.05) is 42.0 Å². The van der Waals surface area contributed by atoms with Crippen molar-refractivity contribution in [3.8, 4) is 0 Å². The van der Waals surface area contributed by atoms with Crippen LogP contribution in [0.15, 0.2) is 72.8 Å². The summed E-state index contributed by atoms with van der Waals surface area (Å²) in [5.74, 6) is -0.483. The van der Waals surface area contributed by atoms with Crippen molar-refractivity contribution >= 4 is 21.6 Å². The Hall–Kier alpha value is -3.33. The largest absolute Gasteiger partial charge is 0.416 e. The number of sulfonamides is 1. The molecule has 3 rings (SSSR count). The first kappa shape index (κ1) is 24.3. The first-order valence-electron chi connectivity index (χ1n) is 10.0. The molecule has 3 aromatic rings. The second kappa shape index (κ2) is 9.66. The highest BCUT2D eigenvalue weighted by Gasteiger charge is 2.30. The zero-order valence-electron chi connectivity index (χ0n) is 18.1. The van der Waals surface area contributed by atoms with Crippen molar-refractivity contribution < 1.29 is 26.4 Å². The molecule has 0 aliphatic heterocycles. The average Bonchev–Trinajstić information content (AvgIpc) is 2.76. The number of carbonyl (C=O) groups excluding carboxylic acids is 1. The Labute approximate surface area is 190 Å². The minimum Gasteiger partial charge on any atom is -0.348 e. The molecule has 0 fully saturated rings. The Morgan fingerprint density at radius 1 is 0.939 bits per heavy atom. The molecule has 0 aromatic heterocycles. The quantitative estimate of drug-likeness (QED) is 0.527. The lowest BCUT2D eigenvalue weighted by molar-refractivity contribution is -0.137. The molecule has 0 spiro atoms. The lowest BCUT2D eigenvalue weighted by Crippen LogP contribution is -2.29. The normalized spacial score (nSPS) is 11.8. The maximum absolute atomic E-state index is 12.8. The maximum Gasteiger partial charge on any atom is 0.416 e. The number of nitrogens with one attached hydrogen (secondary N) is 1. The van der Waals surface area contributed by atoms with E-state index in [1.807, 2.05) is 31.2 Å². The molecule has 0 unspecified atom stereocenters. The number of anilines is 1. The summed E-state index contributed by atoms with van der Waals surface area (Å²) in [4.78, 5) is 12.4. The predicted octanol–water partition coefficient (Wildman–Crippen LogP) is 4.91. The number of hydrogen-bond acceptors (Lipinski definition) is 3. The van der Waals surface area contributed by atoms with E-state index in [1.54, 1.807) is 0 Å². The van der Waals surface area contributed by atoms with Gasteiger partial charge in [0.15, 0.2) is 0 Å². The molecule has 33 heavy (non-hydrogen) atoms. The van der Waals surface area contributed by atoms with Gasteiger partial charge in [-0.3, -0.25) is 9.10 Å². The number of rotatable bonds is 7. The summed E-state index contributed by atoms with van der Waals surface area (Å²) in [6.45, 7) is 2.00. The van der Waals surface area contributed by atoms with E-state index in [4.69, 9.17) is 0 Å². The summed E-state index contributed by atoms with van der Waals surface area (Å²) < 4.78 is 64.4. The fourth-order valence-corrected chi connectivity index (χ4v) is 4.07. The van der Waals surface area contributed by atoms with Crippen LogP contribution in [0.3, 0.4) is 0 Å². The van der Waals surface area contributed by atoms with E-state index < -0.39 is 27.7 Å². The molecule has 5 nitrogen and oxygen atoms in total. The van der Waals surface area contributed by atoms with Crippen LogP contribution in [-0.4, -0.2) is 20.6 Å². The minimum atomic E-state index is -4.46. The van der Waals surface area contributed by atoms with E-state index in [0.29, 0.717) is 11.3 Å². The monoisotopic (exact) mass is 476 g/mol. The van der Waals surface area contributed by atoms with E-state index >= 15 is 0 Å². The van der Waals surface area contributed by atoms with Crippen molar-refractivity contribution in [2.24, 2.45) is 0 Å². The SMILES string of the molecule is Cc1ccc(CN(c2ccc(C(=O)NCc3cccc(C(F)(F)F)c3)cc2)S(C)(=O)=O)cc1. The Balaban J connectivity index is 1.71. The molecule has 0 aliphatic rings. The molecule has 174 valence electrons. The van der Waals surface area contributed by atoms with Gasteiger partial charge in [0.2, 0.25) is 10.0 Å². The molecule has 0 saturated carbocycles. The van der Waals surface area contributed by atoms with Crippen LogP contribution in [0.25, 0.3) is 0 Å². The van der Waals surface area contributed by atoms with Crippen LogP contribution in [0.2, 0.25) is 0 Å². The third-order valence-electron chi connectivity index (χ3n) is 4.97. The molecule has 9 heteroatoms. The van der Waals surface area contributed by atoms with Crippen LogP contribution in [-0.2, 0) is 29.3 Å². The van der Waals surface area contributed by atoms with Crippen LogP contribution < -0.4 is 9.62 Å². The van der Waals surface area contributed by atoms with Crippen LogP contribution in [0, 0.1) is 6.92 Å². The Kier molecular flexibility index (Phi) is 7.12. The van der Waals surface area contributed by atoms with Gasteiger partial charge in [-0.2, -0.15) is 13.2 Å². The number of benzene rings is 3. The standard InChI is InChI=1S/C24H23F3N2O3S/c1-17-6-8-18(9-7-17)16-29(33(2,31)32)22-12-10-20(11-13-22)23(30)28-15-19-4-3-5-21(14-19)24(25,26)27/h3-14H,15-16H2,1-2H3,(H,28,30). The lowest BCUT2D eigenvalue weighted by atomic mass is 10.1. The van der Waals surface area contributed by atoms with Crippen LogP contribution >= 0.6 is 0 Å². The highest BCUT2D eigenvalue weighted by molar-refractivity contribution is 7.92. The second-order valence-electron chi connectivity index (χ2n) is 7.68. The van der Waals surface area contributed by atoms with Gasteiger partial charge in [-0.05, 0) is 54.4 Å². The highest BCUT2D eigenvalue weighted by Crippen LogP contribution is 2.29. The number of halogens is 3. The third kappa shape index (κ3) is 6.58. The Morgan fingerprint density at radius 2 is 1.58 bits per heavy atom. The number of hydrogen-bond donors (Lipinski definition) is 1. The Morgan fingerprint density at radius 3 is 2.15 bits per heavy atom. The summed E-state index contributed by atoms with van der Waals surface area (Å²) in [5, 5.41) is 2.58. The van der Waals surface area contributed by atoms with Crippen molar-refractivity contribution in [1.82, 2.24) is 5.32 Å². The first-order valence-corrected chi connectivity index (χ1v) is 11.9. The van der Waals surface area contributed by atoms with Crippen LogP contribution in [0.4, 0.5) is 18.9 Å². The van der Waals surface area contributed by atoms with Gasteiger partial charge >= 0.3 is 6.18 Å². The average molecular weight is 477 g/mol. The molecular formula is C24H23F3N2O3S. The fourth-order valence-electron chi connectivity index (χ4n) is 3.18. The highest BCUT2D eigenvalue weighted by atomic mass is 32.2. The molecule has 0 aliphatic carbocycles. The molecule has 0 heterocycles. The predicted molar refractivity (Wildman–Crippen MR) is 121 cm³/mol. The maximum atomic E-state index is 12.8. The van der Waals surface area contributed by atoms with E-state index in [-0.39, 0.29) is 18.7 Å². The molecule has 3 aromatic carbocycles. The van der Waals surface area contributed by atoms with Crippen LogP contribution in [0.1, 0.15) is 32.6 Å². The van der Waals surface area contributed by atoms with E-state index in [1.165, 1.54) is 40.7 Å². The fraction of sp³-hybridized carbons (Fsp3) is 0.208.